The summed E-state index contributed by atoms with van der Waals surface area (Å²) in [5.41, 5.74) is 0.589. The number of hydrogen-bond donors (Lipinski definition) is 1. The number of hydrogen-bond acceptors (Lipinski definition) is 5. The number of benzene rings is 1. The van der Waals surface area contributed by atoms with Gasteiger partial charge in [-0.15, -0.1) is 5.10 Å². The SMILES string of the molecule is Cc1nc(C(=O)N2CC(c3cc(=O)[nH]o3)C2)nn1-c1ccccc1. The van der Waals surface area contributed by atoms with Gasteiger partial charge in [0.15, 0.2) is 0 Å². The van der Waals surface area contributed by atoms with E-state index < -0.39 is 0 Å². The van der Waals surface area contributed by atoms with Crippen molar-refractivity contribution in [3.8, 4) is 5.69 Å². The zero-order valence-corrected chi connectivity index (χ0v) is 13.0. The van der Waals surface area contributed by atoms with Crippen molar-refractivity contribution in [1.29, 1.82) is 0 Å². The number of aromatic amines is 1. The highest BCUT2D eigenvalue weighted by atomic mass is 16.5. The van der Waals surface area contributed by atoms with Gasteiger partial charge < -0.3 is 9.42 Å². The number of carbonyl (C=O) groups is 1. The molecule has 0 bridgehead atoms. The molecule has 0 unspecified atom stereocenters. The number of aryl methyl sites for hydroxylation is 1. The minimum absolute atomic E-state index is 0.0326. The van der Waals surface area contributed by atoms with Crippen molar-refractivity contribution in [2.45, 2.75) is 12.8 Å². The van der Waals surface area contributed by atoms with E-state index in [2.05, 4.69) is 15.2 Å². The van der Waals surface area contributed by atoms with Crippen molar-refractivity contribution >= 4 is 5.91 Å². The zero-order chi connectivity index (χ0) is 16.7. The van der Waals surface area contributed by atoms with Gasteiger partial charge in [-0.2, -0.15) is 5.16 Å². The van der Waals surface area contributed by atoms with Crippen LogP contribution in [0.3, 0.4) is 0 Å². The molecule has 0 spiro atoms. The maximum Gasteiger partial charge on any atom is 0.293 e. The molecule has 1 N–H and O–H groups in total. The topological polar surface area (TPSA) is 97.0 Å². The Bertz CT molecular complexity index is 934. The number of amides is 1. The van der Waals surface area contributed by atoms with Crippen LogP contribution in [0, 0.1) is 6.92 Å². The first-order chi connectivity index (χ1) is 11.6. The predicted octanol–water partition coefficient (Wildman–Crippen LogP) is 1.10. The Hall–Kier alpha value is -3.16. The lowest BCUT2D eigenvalue weighted by Gasteiger charge is -2.36. The fourth-order valence-corrected chi connectivity index (χ4v) is 2.76. The maximum atomic E-state index is 12.5. The number of H-pyrrole nitrogens is 1. The van der Waals surface area contributed by atoms with Crippen LogP contribution in [0.4, 0.5) is 0 Å². The largest absolute Gasteiger partial charge is 0.383 e. The van der Waals surface area contributed by atoms with Gasteiger partial charge in [-0.1, -0.05) is 18.2 Å². The molecule has 1 aliphatic rings. The Kier molecular flexibility index (Phi) is 3.30. The van der Waals surface area contributed by atoms with Crippen molar-refractivity contribution in [3.63, 3.8) is 0 Å². The minimum atomic E-state index is -0.270. The van der Waals surface area contributed by atoms with Gasteiger partial charge in [0.1, 0.15) is 11.6 Å². The van der Waals surface area contributed by atoms with E-state index in [1.807, 2.05) is 37.3 Å². The summed E-state index contributed by atoms with van der Waals surface area (Å²) in [7, 11) is 0. The molecule has 8 heteroatoms. The van der Waals surface area contributed by atoms with E-state index in [9.17, 15) is 9.59 Å². The van der Waals surface area contributed by atoms with Crippen molar-refractivity contribution in [2.75, 3.05) is 13.1 Å². The van der Waals surface area contributed by atoms with Crippen molar-refractivity contribution < 1.29 is 9.32 Å². The van der Waals surface area contributed by atoms with Crippen molar-refractivity contribution in [3.05, 3.63) is 64.2 Å². The van der Waals surface area contributed by atoms with E-state index in [1.165, 1.54) is 6.07 Å². The fourth-order valence-electron chi connectivity index (χ4n) is 2.76. The summed E-state index contributed by atoms with van der Waals surface area (Å²) in [5.74, 6) is 1.21. The molecular weight excluding hydrogens is 310 g/mol. The monoisotopic (exact) mass is 325 g/mol. The highest BCUT2D eigenvalue weighted by Gasteiger charge is 2.36. The molecule has 1 aromatic carbocycles. The average Bonchev–Trinajstić information content (AvgIpc) is 3.13. The molecule has 122 valence electrons. The van der Waals surface area contributed by atoms with Crippen LogP contribution in [0.25, 0.3) is 5.69 Å². The minimum Gasteiger partial charge on any atom is -0.383 e. The molecule has 1 fully saturated rings. The molecule has 4 rings (SSSR count). The van der Waals surface area contributed by atoms with Crippen LogP contribution in [0.2, 0.25) is 0 Å². The van der Waals surface area contributed by atoms with Crippen LogP contribution in [0.1, 0.15) is 28.1 Å². The molecule has 0 radical (unpaired) electrons. The third-order valence-corrected chi connectivity index (χ3v) is 4.07. The molecule has 2 aromatic heterocycles. The van der Waals surface area contributed by atoms with E-state index in [0.717, 1.165) is 5.69 Å². The predicted molar refractivity (Wildman–Crippen MR) is 84.1 cm³/mol. The van der Waals surface area contributed by atoms with Crippen LogP contribution in [-0.2, 0) is 0 Å². The van der Waals surface area contributed by atoms with E-state index in [4.69, 9.17) is 4.52 Å². The van der Waals surface area contributed by atoms with Crippen LogP contribution >= 0.6 is 0 Å². The number of nitrogens with one attached hydrogen (secondary N) is 1. The Balaban J connectivity index is 1.49. The van der Waals surface area contributed by atoms with Crippen LogP contribution < -0.4 is 5.56 Å². The second kappa shape index (κ2) is 5.48. The first kappa shape index (κ1) is 14.4. The molecule has 1 amide bonds. The second-order valence-corrected chi connectivity index (χ2v) is 5.75. The van der Waals surface area contributed by atoms with E-state index >= 15 is 0 Å². The summed E-state index contributed by atoms with van der Waals surface area (Å²) in [4.78, 5) is 29.5. The molecule has 24 heavy (non-hydrogen) atoms. The number of nitrogens with zero attached hydrogens (tertiary/aromatic N) is 4. The molecule has 1 aliphatic heterocycles. The molecule has 8 nitrogen and oxygen atoms in total. The highest BCUT2D eigenvalue weighted by molar-refractivity contribution is 5.91. The summed E-state index contributed by atoms with van der Waals surface area (Å²) in [5, 5.41) is 6.58. The summed E-state index contributed by atoms with van der Waals surface area (Å²) >= 11 is 0. The molecule has 0 aliphatic carbocycles. The van der Waals surface area contributed by atoms with Gasteiger partial charge >= 0.3 is 0 Å². The van der Waals surface area contributed by atoms with Crippen LogP contribution in [-0.4, -0.2) is 43.8 Å². The Morgan fingerprint density at radius 1 is 1.29 bits per heavy atom. The third kappa shape index (κ3) is 2.41. The fraction of sp³-hybridized carbons (Fsp3) is 0.250. The number of rotatable bonds is 3. The molecule has 0 atom stereocenters. The first-order valence-corrected chi connectivity index (χ1v) is 7.58. The Morgan fingerprint density at radius 3 is 2.71 bits per heavy atom. The quantitative estimate of drug-likeness (QED) is 0.777. The molecule has 3 aromatic rings. The molecule has 0 saturated carbocycles. The van der Waals surface area contributed by atoms with Crippen LogP contribution in [0.5, 0.6) is 0 Å². The standard InChI is InChI=1S/C16H15N5O3/c1-10-17-15(18-21(10)12-5-3-2-4-6-12)16(23)20-8-11(9-20)13-7-14(22)19-24-13/h2-7,11H,8-9H2,1H3,(H,19,22). The third-order valence-electron chi connectivity index (χ3n) is 4.07. The summed E-state index contributed by atoms with van der Waals surface area (Å²) in [6.45, 7) is 2.78. The summed E-state index contributed by atoms with van der Waals surface area (Å²) in [6.07, 6.45) is 0. The van der Waals surface area contributed by atoms with Crippen molar-refractivity contribution in [1.82, 2.24) is 24.8 Å². The molecule has 1 saturated heterocycles. The number of likely N-dealkylation sites (tertiary alicyclic amines) is 1. The number of carbonyl (C=O) groups excluding carboxylic acids is 1. The van der Waals surface area contributed by atoms with Crippen LogP contribution in [0.15, 0.2) is 45.7 Å². The van der Waals surface area contributed by atoms with E-state index in [1.54, 1.807) is 9.58 Å². The smallest absolute Gasteiger partial charge is 0.293 e. The van der Waals surface area contributed by atoms with Gasteiger partial charge in [-0.3, -0.25) is 9.59 Å². The molecular formula is C16H15N5O3. The van der Waals surface area contributed by atoms with Gasteiger partial charge in [0.05, 0.1) is 11.6 Å². The normalized spacial score (nSPS) is 14.6. The average molecular weight is 325 g/mol. The number of aromatic nitrogens is 4. The van der Waals surface area contributed by atoms with Gasteiger partial charge in [0.2, 0.25) is 5.82 Å². The highest BCUT2D eigenvalue weighted by Crippen LogP contribution is 2.27. The lowest BCUT2D eigenvalue weighted by molar-refractivity contribution is 0.0562. The zero-order valence-electron chi connectivity index (χ0n) is 13.0. The maximum absolute atomic E-state index is 12.5. The van der Waals surface area contributed by atoms with E-state index in [0.29, 0.717) is 24.7 Å². The van der Waals surface area contributed by atoms with Gasteiger partial charge in [0, 0.05) is 19.2 Å². The van der Waals surface area contributed by atoms with Gasteiger partial charge in [0.25, 0.3) is 11.5 Å². The van der Waals surface area contributed by atoms with Crippen molar-refractivity contribution in [2.24, 2.45) is 0 Å². The Morgan fingerprint density at radius 2 is 2.04 bits per heavy atom. The summed E-state index contributed by atoms with van der Waals surface area (Å²) in [6, 6.07) is 11.0. The second-order valence-electron chi connectivity index (χ2n) is 5.75. The summed E-state index contributed by atoms with van der Waals surface area (Å²) < 4.78 is 6.72. The Labute approximate surface area is 136 Å². The van der Waals surface area contributed by atoms with E-state index in [-0.39, 0.29) is 23.2 Å². The van der Waals surface area contributed by atoms with Gasteiger partial charge in [-0.25, -0.2) is 9.67 Å². The van der Waals surface area contributed by atoms with Gasteiger partial charge in [-0.05, 0) is 19.1 Å². The lowest BCUT2D eigenvalue weighted by atomic mass is 9.97. The lowest BCUT2D eigenvalue weighted by Crippen LogP contribution is -2.48. The number of para-hydroxylation sites is 1. The molecule has 3 heterocycles. The first-order valence-electron chi connectivity index (χ1n) is 7.58.